The standard InChI is InChI=1S/C11H10N2O2/c12-11-8(14)4-3-5-9(11)15-10-6-1-2-7-13-10/h1-7,14H,12H2. The van der Waals surface area contributed by atoms with Crippen molar-refractivity contribution in [1.29, 1.82) is 0 Å². The van der Waals surface area contributed by atoms with E-state index in [1.165, 1.54) is 6.07 Å². The van der Waals surface area contributed by atoms with E-state index in [2.05, 4.69) is 4.98 Å². The summed E-state index contributed by atoms with van der Waals surface area (Å²) in [6.07, 6.45) is 1.62. The first-order chi connectivity index (χ1) is 7.27. The maximum Gasteiger partial charge on any atom is 0.219 e. The van der Waals surface area contributed by atoms with Gasteiger partial charge in [-0.2, -0.15) is 0 Å². The van der Waals surface area contributed by atoms with Gasteiger partial charge >= 0.3 is 0 Å². The predicted molar refractivity (Wildman–Crippen MR) is 56.8 cm³/mol. The molecule has 4 heteroatoms. The summed E-state index contributed by atoms with van der Waals surface area (Å²) >= 11 is 0. The van der Waals surface area contributed by atoms with Crippen LogP contribution in [0.5, 0.6) is 17.4 Å². The molecule has 0 bridgehead atoms. The van der Waals surface area contributed by atoms with E-state index >= 15 is 0 Å². The summed E-state index contributed by atoms with van der Waals surface area (Å²) in [4.78, 5) is 3.99. The molecule has 0 aliphatic rings. The van der Waals surface area contributed by atoms with Gasteiger partial charge in [0.05, 0.1) is 0 Å². The van der Waals surface area contributed by atoms with E-state index in [0.29, 0.717) is 11.6 Å². The molecule has 1 heterocycles. The van der Waals surface area contributed by atoms with Gasteiger partial charge in [0.2, 0.25) is 5.88 Å². The highest BCUT2D eigenvalue weighted by Crippen LogP contribution is 2.32. The van der Waals surface area contributed by atoms with E-state index < -0.39 is 0 Å². The molecule has 0 saturated carbocycles. The van der Waals surface area contributed by atoms with Crippen molar-refractivity contribution >= 4 is 5.69 Å². The van der Waals surface area contributed by atoms with Crippen molar-refractivity contribution in [2.45, 2.75) is 0 Å². The predicted octanol–water partition coefficient (Wildman–Crippen LogP) is 2.16. The van der Waals surface area contributed by atoms with Gasteiger partial charge in [0, 0.05) is 12.3 Å². The number of hydrogen-bond acceptors (Lipinski definition) is 4. The highest BCUT2D eigenvalue weighted by atomic mass is 16.5. The quantitative estimate of drug-likeness (QED) is 0.578. The van der Waals surface area contributed by atoms with Gasteiger partial charge in [-0.1, -0.05) is 12.1 Å². The molecule has 2 rings (SSSR count). The van der Waals surface area contributed by atoms with Crippen LogP contribution in [-0.2, 0) is 0 Å². The Labute approximate surface area is 87.0 Å². The summed E-state index contributed by atoms with van der Waals surface area (Å²) in [6, 6.07) is 10.1. The van der Waals surface area contributed by atoms with E-state index in [1.54, 1.807) is 36.5 Å². The first-order valence-electron chi connectivity index (χ1n) is 4.44. The average molecular weight is 202 g/mol. The maximum absolute atomic E-state index is 9.35. The SMILES string of the molecule is Nc1c(O)cccc1Oc1ccccn1. The Kier molecular flexibility index (Phi) is 2.41. The van der Waals surface area contributed by atoms with Crippen molar-refractivity contribution in [2.75, 3.05) is 5.73 Å². The van der Waals surface area contributed by atoms with Gasteiger partial charge in [0.25, 0.3) is 0 Å². The van der Waals surface area contributed by atoms with Crippen LogP contribution in [0.3, 0.4) is 0 Å². The third kappa shape index (κ3) is 1.99. The van der Waals surface area contributed by atoms with Gasteiger partial charge in [-0.3, -0.25) is 0 Å². The molecule has 3 N–H and O–H groups in total. The van der Waals surface area contributed by atoms with Gasteiger partial charge in [-0.05, 0) is 18.2 Å². The fourth-order valence-electron chi connectivity index (χ4n) is 1.14. The monoisotopic (exact) mass is 202 g/mol. The summed E-state index contributed by atoms with van der Waals surface area (Å²) in [5, 5.41) is 9.35. The van der Waals surface area contributed by atoms with Gasteiger partial charge in [-0.25, -0.2) is 4.98 Å². The van der Waals surface area contributed by atoms with Crippen LogP contribution in [0.4, 0.5) is 5.69 Å². The highest BCUT2D eigenvalue weighted by molar-refractivity contribution is 5.62. The van der Waals surface area contributed by atoms with Crippen molar-refractivity contribution in [1.82, 2.24) is 4.98 Å². The number of pyridine rings is 1. The Balaban J connectivity index is 2.29. The number of nitrogen functional groups attached to an aromatic ring is 1. The van der Waals surface area contributed by atoms with Crippen LogP contribution in [0.25, 0.3) is 0 Å². The number of aromatic hydroxyl groups is 1. The van der Waals surface area contributed by atoms with Crippen LogP contribution in [0.15, 0.2) is 42.6 Å². The second kappa shape index (κ2) is 3.88. The fraction of sp³-hybridized carbons (Fsp3) is 0. The van der Waals surface area contributed by atoms with Gasteiger partial charge in [0.1, 0.15) is 11.4 Å². The summed E-state index contributed by atoms with van der Waals surface area (Å²) < 4.78 is 5.39. The Morgan fingerprint density at radius 2 is 2.00 bits per heavy atom. The fourth-order valence-corrected chi connectivity index (χ4v) is 1.14. The molecule has 0 aliphatic carbocycles. The lowest BCUT2D eigenvalue weighted by Crippen LogP contribution is -1.93. The number of benzene rings is 1. The second-order valence-electron chi connectivity index (χ2n) is 2.96. The zero-order valence-electron chi connectivity index (χ0n) is 7.92. The molecule has 1 aromatic heterocycles. The Morgan fingerprint density at radius 3 is 2.73 bits per heavy atom. The largest absolute Gasteiger partial charge is 0.506 e. The van der Waals surface area contributed by atoms with E-state index in [1.807, 2.05) is 0 Å². The van der Waals surface area contributed by atoms with E-state index in [9.17, 15) is 5.11 Å². The number of rotatable bonds is 2. The number of para-hydroxylation sites is 1. The minimum Gasteiger partial charge on any atom is -0.506 e. The smallest absolute Gasteiger partial charge is 0.219 e. The van der Waals surface area contributed by atoms with Crippen LogP contribution >= 0.6 is 0 Å². The molecule has 0 fully saturated rings. The number of nitrogens with zero attached hydrogens (tertiary/aromatic N) is 1. The lowest BCUT2D eigenvalue weighted by molar-refractivity contribution is 0.450. The minimum absolute atomic E-state index is 0.00318. The number of phenols is 1. The molecule has 0 atom stereocenters. The van der Waals surface area contributed by atoms with Crippen LogP contribution in [-0.4, -0.2) is 10.1 Å². The van der Waals surface area contributed by atoms with E-state index in [-0.39, 0.29) is 11.4 Å². The first kappa shape index (κ1) is 9.33. The first-order valence-corrected chi connectivity index (χ1v) is 4.44. The van der Waals surface area contributed by atoms with E-state index in [0.717, 1.165) is 0 Å². The summed E-state index contributed by atoms with van der Waals surface area (Å²) in [5.41, 5.74) is 5.84. The normalized spacial score (nSPS) is 9.87. The Morgan fingerprint density at radius 1 is 1.13 bits per heavy atom. The topological polar surface area (TPSA) is 68.4 Å². The molecule has 1 aromatic carbocycles. The van der Waals surface area contributed by atoms with E-state index in [4.69, 9.17) is 10.5 Å². The molecule has 0 spiro atoms. The molecule has 0 amide bonds. The average Bonchev–Trinajstić information content (AvgIpc) is 2.26. The lowest BCUT2D eigenvalue weighted by Gasteiger charge is -2.07. The zero-order chi connectivity index (χ0) is 10.7. The molecule has 0 radical (unpaired) electrons. The number of hydrogen-bond donors (Lipinski definition) is 2. The van der Waals surface area contributed by atoms with Gasteiger partial charge in [0.15, 0.2) is 5.75 Å². The number of anilines is 1. The number of aromatic nitrogens is 1. The Hall–Kier alpha value is -2.23. The summed E-state index contributed by atoms with van der Waals surface area (Å²) in [5.74, 6) is 0.840. The van der Waals surface area contributed by atoms with Crippen LogP contribution in [0, 0.1) is 0 Å². The van der Waals surface area contributed by atoms with Crippen molar-refractivity contribution < 1.29 is 9.84 Å². The van der Waals surface area contributed by atoms with Gasteiger partial charge in [-0.15, -0.1) is 0 Å². The summed E-state index contributed by atoms with van der Waals surface area (Å²) in [6.45, 7) is 0. The second-order valence-corrected chi connectivity index (χ2v) is 2.96. The molecule has 4 nitrogen and oxygen atoms in total. The number of ether oxygens (including phenoxy) is 1. The molecule has 76 valence electrons. The zero-order valence-corrected chi connectivity index (χ0v) is 7.92. The maximum atomic E-state index is 9.35. The third-order valence-electron chi connectivity index (χ3n) is 1.90. The molecule has 0 aliphatic heterocycles. The van der Waals surface area contributed by atoms with Crippen molar-refractivity contribution in [3.8, 4) is 17.4 Å². The van der Waals surface area contributed by atoms with Crippen molar-refractivity contribution in [2.24, 2.45) is 0 Å². The molecule has 0 saturated heterocycles. The summed E-state index contributed by atoms with van der Waals surface area (Å²) in [7, 11) is 0. The van der Waals surface area contributed by atoms with Crippen LogP contribution in [0.1, 0.15) is 0 Å². The number of phenolic OH excluding ortho intramolecular Hbond substituents is 1. The molecular formula is C11H10N2O2. The molecular weight excluding hydrogens is 192 g/mol. The van der Waals surface area contributed by atoms with Crippen molar-refractivity contribution in [3.63, 3.8) is 0 Å². The minimum atomic E-state index is 0.00318. The van der Waals surface area contributed by atoms with Crippen LogP contribution < -0.4 is 10.5 Å². The molecule has 15 heavy (non-hydrogen) atoms. The lowest BCUT2D eigenvalue weighted by atomic mass is 10.3. The third-order valence-corrected chi connectivity index (χ3v) is 1.90. The molecule has 2 aromatic rings. The highest BCUT2D eigenvalue weighted by Gasteiger charge is 2.05. The number of nitrogens with two attached hydrogens (primary N) is 1. The van der Waals surface area contributed by atoms with Gasteiger partial charge < -0.3 is 15.6 Å². The Bertz CT molecular complexity index is 457. The van der Waals surface area contributed by atoms with Crippen molar-refractivity contribution in [3.05, 3.63) is 42.6 Å². The van der Waals surface area contributed by atoms with Crippen LogP contribution in [0.2, 0.25) is 0 Å². The molecule has 0 unspecified atom stereocenters.